The second kappa shape index (κ2) is 8.89. The number of halogens is 9. The van der Waals surface area contributed by atoms with E-state index >= 15 is 0 Å². The molecule has 15 heteroatoms. The van der Waals surface area contributed by atoms with Gasteiger partial charge in [0.25, 0.3) is 0 Å². The van der Waals surface area contributed by atoms with Crippen molar-refractivity contribution >= 4 is 5.91 Å². The van der Waals surface area contributed by atoms with Gasteiger partial charge in [0, 0.05) is 43.4 Å². The van der Waals surface area contributed by atoms with Crippen molar-refractivity contribution in [2.24, 2.45) is 11.7 Å². The molecule has 34 heavy (non-hydrogen) atoms. The molecule has 1 unspecified atom stereocenters. The van der Waals surface area contributed by atoms with Crippen LogP contribution in [0.2, 0.25) is 0 Å². The molecular formula is C19H20F9N5O. The molecule has 1 saturated heterocycles. The number of nitrogens with zero attached hydrogens (tertiary/aromatic N) is 4. The molecule has 0 radical (unpaired) electrons. The fourth-order valence-corrected chi connectivity index (χ4v) is 4.00. The predicted octanol–water partition coefficient (Wildman–Crippen LogP) is 3.51. The highest BCUT2D eigenvalue weighted by atomic mass is 19.4. The van der Waals surface area contributed by atoms with Crippen LogP contribution in [0.15, 0.2) is 12.3 Å². The van der Waals surface area contributed by atoms with Crippen molar-refractivity contribution in [3.63, 3.8) is 0 Å². The van der Waals surface area contributed by atoms with E-state index in [2.05, 4.69) is 16.5 Å². The van der Waals surface area contributed by atoms with Crippen LogP contribution >= 0.6 is 0 Å². The third-order valence-corrected chi connectivity index (χ3v) is 5.66. The summed E-state index contributed by atoms with van der Waals surface area (Å²) in [6.07, 6.45) is -15.9. The van der Waals surface area contributed by atoms with Crippen LogP contribution in [-0.2, 0) is 30.1 Å². The van der Waals surface area contributed by atoms with Crippen LogP contribution in [0, 0.1) is 5.92 Å². The topological polar surface area (TPSA) is 75.3 Å². The molecule has 2 N–H and O–H groups in total. The molecule has 0 saturated carbocycles. The normalized spacial score (nSPS) is 20.5. The molecule has 0 bridgehead atoms. The first-order valence-corrected chi connectivity index (χ1v) is 10.0. The molecule has 3 rings (SSSR count). The van der Waals surface area contributed by atoms with Crippen LogP contribution in [0.25, 0.3) is 0 Å². The van der Waals surface area contributed by atoms with Crippen LogP contribution in [0.5, 0.6) is 0 Å². The fourth-order valence-electron chi connectivity index (χ4n) is 4.00. The fraction of sp³-hybridized carbons (Fsp3) is 0.632. The van der Waals surface area contributed by atoms with Crippen molar-refractivity contribution in [1.29, 1.82) is 0 Å². The zero-order valence-electron chi connectivity index (χ0n) is 17.5. The smallest absolute Gasteiger partial charge is 0.373 e. The summed E-state index contributed by atoms with van der Waals surface area (Å²) in [6.45, 7) is 2.26. The van der Waals surface area contributed by atoms with E-state index in [1.807, 2.05) is 0 Å². The Hall–Kier alpha value is -2.58. The first-order valence-electron chi connectivity index (χ1n) is 10.0. The van der Waals surface area contributed by atoms with Crippen molar-refractivity contribution in [3.8, 4) is 0 Å². The maximum absolute atomic E-state index is 13.3. The lowest BCUT2D eigenvalue weighted by atomic mass is 10.0. The van der Waals surface area contributed by atoms with Gasteiger partial charge in [0.2, 0.25) is 11.7 Å². The number of fused-ring (bicyclic) bond motifs is 1. The van der Waals surface area contributed by atoms with E-state index in [9.17, 15) is 44.3 Å². The van der Waals surface area contributed by atoms with Crippen LogP contribution in [0.4, 0.5) is 39.5 Å². The molecule has 0 spiro atoms. The molecule has 1 aromatic rings. The highest BCUT2D eigenvalue weighted by Gasteiger charge is 2.46. The Kier molecular flexibility index (Phi) is 6.81. The molecule has 3 heterocycles. The molecule has 1 fully saturated rings. The van der Waals surface area contributed by atoms with Crippen LogP contribution in [0.1, 0.15) is 35.6 Å². The SMILES string of the molecule is C=C1CC(C(F)(F)F)CN1C[C@@H](N)CC(=O)N1CCc2c(nc(C(F)(F)F)nc2C(F)(F)F)C1. The number of hydrogen-bond acceptors (Lipinski definition) is 5. The summed E-state index contributed by atoms with van der Waals surface area (Å²) in [7, 11) is 0. The van der Waals surface area contributed by atoms with Gasteiger partial charge < -0.3 is 15.5 Å². The van der Waals surface area contributed by atoms with E-state index in [0.29, 0.717) is 0 Å². The van der Waals surface area contributed by atoms with Gasteiger partial charge in [-0.2, -0.15) is 39.5 Å². The molecule has 0 aliphatic carbocycles. The highest BCUT2D eigenvalue weighted by molar-refractivity contribution is 5.77. The Morgan fingerprint density at radius 2 is 1.74 bits per heavy atom. The van der Waals surface area contributed by atoms with Gasteiger partial charge in [-0.15, -0.1) is 0 Å². The van der Waals surface area contributed by atoms with E-state index < -0.39 is 72.1 Å². The number of rotatable bonds is 4. The van der Waals surface area contributed by atoms with Crippen LogP contribution < -0.4 is 5.73 Å². The zero-order valence-corrected chi connectivity index (χ0v) is 17.5. The number of nitrogens with two attached hydrogens (primary N) is 1. The third-order valence-electron chi connectivity index (χ3n) is 5.66. The minimum absolute atomic E-state index is 0.111. The Labute approximate surface area is 187 Å². The van der Waals surface area contributed by atoms with Crippen LogP contribution in [-0.4, -0.2) is 57.5 Å². The lowest BCUT2D eigenvalue weighted by Crippen LogP contribution is -2.43. The summed E-state index contributed by atoms with van der Waals surface area (Å²) in [5.41, 5.74) is 3.34. The quantitative estimate of drug-likeness (QED) is 0.635. The average molecular weight is 505 g/mol. The minimum atomic E-state index is -5.23. The Bertz CT molecular complexity index is 957. The van der Waals surface area contributed by atoms with Crippen LogP contribution in [0.3, 0.4) is 0 Å². The van der Waals surface area contributed by atoms with E-state index in [-0.39, 0.29) is 38.2 Å². The van der Waals surface area contributed by atoms with Crippen molar-refractivity contribution in [3.05, 3.63) is 35.1 Å². The third kappa shape index (κ3) is 5.73. The minimum Gasteiger partial charge on any atom is -0.373 e. The predicted molar refractivity (Wildman–Crippen MR) is 98.6 cm³/mol. The molecule has 2 aliphatic heterocycles. The molecule has 1 amide bonds. The van der Waals surface area contributed by atoms with Gasteiger partial charge in [-0.1, -0.05) is 6.58 Å². The first kappa shape index (κ1) is 26.0. The average Bonchev–Trinajstić information content (AvgIpc) is 3.05. The van der Waals surface area contributed by atoms with Gasteiger partial charge in [0.15, 0.2) is 5.69 Å². The number of amides is 1. The summed E-state index contributed by atoms with van der Waals surface area (Å²) in [5, 5.41) is 0. The number of likely N-dealkylation sites (tertiary alicyclic amines) is 1. The Balaban J connectivity index is 1.69. The molecule has 6 nitrogen and oxygen atoms in total. The lowest BCUT2D eigenvalue weighted by Gasteiger charge is -2.31. The number of carbonyl (C=O) groups is 1. The van der Waals surface area contributed by atoms with Gasteiger partial charge >= 0.3 is 18.5 Å². The standard InChI is InChI=1S/C19H20F9N5O/c1-9-4-10(17(20,21)22)6-33(9)7-11(29)5-14(34)32-3-2-12-13(8-32)30-16(19(26,27)28)31-15(12)18(23,24)25/h10-11H,1-8,29H2/t10?,11-/m0/s1. The van der Waals surface area contributed by atoms with Crippen molar-refractivity contribution in [1.82, 2.24) is 19.8 Å². The van der Waals surface area contributed by atoms with Gasteiger partial charge in [-0.25, -0.2) is 9.97 Å². The summed E-state index contributed by atoms with van der Waals surface area (Å²) < 4.78 is 118. The summed E-state index contributed by atoms with van der Waals surface area (Å²) in [6, 6.07) is -0.931. The van der Waals surface area contributed by atoms with E-state index in [0.717, 1.165) is 4.90 Å². The molecule has 2 atom stereocenters. The number of aromatic nitrogens is 2. The number of allylic oxidation sites excluding steroid dienone is 1. The largest absolute Gasteiger partial charge is 0.451 e. The summed E-state index contributed by atoms with van der Waals surface area (Å²) in [5.74, 6) is -4.24. The molecule has 2 aliphatic rings. The maximum Gasteiger partial charge on any atom is 0.451 e. The maximum atomic E-state index is 13.3. The second-order valence-corrected chi connectivity index (χ2v) is 8.26. The van der Waals surface area contributed by atoms with E-state index in [4.69, 9.17) is 5.73 Å². The number of hydrogen-bond donors (Lipinski definition) is 1. The Morgan fingerprint density at radius 3 is 2.26 bits per heavy atom. The number of alkyl halides is 9. The Morgan fingerprint density at radius 1 is 1.09 bits per heavy atom. The summed E-state index contributed by atoms with van der Waals surface area (Å²) >= 11 is 0. The van der Waals surface area contributed by atoms with Gasteiger partial charge in [-0.05, 0) is 12.8 Å². The summed E-state index contributed by atoms with van der Waals surface area (Å²) in [4.78, 5) is 20.8. The highest BCUT2D eigenvalue weighted by Crippen LogP contribution is 2.38. The van der Waals surface area contributed by atoms with Crippen molar-refractivity contribution in [2.45, 2.75) is 50.4 Å². The molecule has 190 valence electrons. The molecular weight excluding hydrogens is 485 g/mol. The monoisotopic (exact) mass is 505 g/mol. The van der Waals surface area contributed by atoms with Gasteiger partial charge in [0.1, 0.15) is 0 Å². The molecule has 0 aromatic carbocycles. The van der Waals surface area contributed by atoms with Crippen molar-refractivity contribution < 1.29 is 44.3 Å². The van der Waals surface area contributed by atoms with Gasteiger partial charge in [-0.3, -0.25) is 4.79 Å². The number of carbonyl (C=O) groups excluding carboxylic acids is 1. The van der Waals surface area contributed by atoms with E-state index in [1.165, 1.54) is 4.90 Å². The van der Waals surface area contributed by atoms with Crippen molar-refractivity contribution in [2.75, 3.05) is 19.6 Å². The van der Waals surface area contributed by atoms with E-state index in [1.54, 1.807) is 0 Å². The first-order chi connectivity index (χ1) is 15.5. The second-order valence-electron chi connectivity index (χ2n) is 8.26. The van der Waals surface area contributed by atoms with Gasteiger partial charge in [0.05, 0.1) is 18.2 Å². The lowest BCUT2D eigenvalue weighted by molar-refractivity contribution is -0.170. The molecule has 1 aromatic heterocycles. The zero-order chi connectivity index (χ0) is 25.6.